The predicted molar refractivity (Wildman–Crippen MR) is 80.5 cm³/mol. The lowest BCUT2D eigenvalue weighted by atomic mass is 9.52. The fraction of sp³-hybridized carbons (Fsp3) is 0.824. The van der Waals surface area contributed by atoms with Gasteiger partial charge in [0.25, 0.3) is 0 Å². The number of hydrogen-bond donors (Lipinski definition) is 2. The van der Waals surface area contributed by atoms with Gasteiger partial charge in [-0.25, -0.2) is 0 Å². The smallest absolute Gasteiger partial charge is 0.302 e. The summed E-state index contributed by atoms with van der Waals surface area (Å²) in [6.07, 6.45) is 0.265. The van der Waals surface area contributed by atoms with Crippen molar-refractivity contribution in [1.82, 2.24) is 0 Å². The second-order valence-corrected chi connectivity index (χ2v) is 7.38. The third-order valence-corrected chi connectivity index (χ3v) is 5.59. The number of fused-ring (bicyclic) bond motifs is 1. The summed E-state index contributed by atoms with van der Waals surface area (Å²) in [6, 6.07) is 0. The highest BCUT2D eigenvalue weighted by Gasteiger charge is 2.57. The van der Waals surface area contributed by atoms with Crippen molar-refractivity contribution in [3.05, 3.63) is 12.2 Å². The van der Waals surface area contributed by atoms with Crippen LogP contribution >= 0.6 is 0 Å². The maximum atomic E-state index is 11.5. The van der Waals surface area contributed by atoms with Crippen molar-refractivity contribution in [1.29, 1.82) is 0 Å². The molecule has 0 saturated heterocycles. The highest BCUT2D eigenvalue weighted by Crippen LogP contribution is 2.55. The number of ether oxygens (including phenoxy) is 1. The van der Waals surface area contributed by atoms with Crippen LogP contribution in [0.25, 0.3) is 0 Å². The van der Waals surface area contributed by atoms with Gasteiger partial charge in [-0.2, -0.15) is 0 Å². The lowest BCUT2D eigenvalue weighted by Crippen LogP contribution is -2.59. The van der Waals surface area contributed by atoms with E-state index in [0.717, 1.165) is 18.4 Å². The molecule has 0 spiro atoms. The van der Waals surface area contributed by atoms with Crippen molar-refractivity contribution in [3.63, 3.8) is 0 Å². The van der Waals surface area contributed by atoms with Crippen molar-refractivity contribution in [2.24, 2.45) is 23.2 Å². The molecule has 0 radical (unpaired) electrons. The molecular weight excluding hydrogens is 268 g/mol. The predicted octanol–water partition coefficient (Wildman–Crippen LogP) is 2.29. The summed E-state index contributed by atoms with van der Waals surface area (Å²) in [5.74, 6) is 0.297. The first-order valence-electron chi connectivity index (χ1n) is 7.89. The second kappa shape index (κ2) is 5.73. The quantitative estimate of drug-likeness (QED) is 0.606. The third-order valence-electron chi connectivity index (χ3n) is 5.59. The zero-order valence-corrected chi connectivity index (χ0v) is 13.5. The molecule has 4 nitrogen and oxygen atoms in total. The van der Waals surface area contributed by atoms with Crippen molar-refractivity contribution in [3.8, 4) is 0 Å². The average Bonchev–Trinajstić information content (AvgIpc) is 2.35. The molecule has 0 bridgehead atoms. The number of hydrogen-bond acceptors (Lipinski definition) is 4. The van der Waals surface area contributed by atoms with Crippen LogP contribution in [-0.4, -0.2) is 34.5 Å². The van der Waals surface area contributed by atoms with E-state index in [0.29, 0.717) is 12.3 Å². The molecule has 6 atom stereocenters. The third kappa shape index (κ3) is 2.76. The number of carbonyl (C=O) groups excluding carboxylic acids is 1. The van der Waals surface area contributed by atoms with Gasteiger partial charge in [0, 0.05) is 18.3 Å². The molecule has 0 amide bonds. The highest BCUT2D eigenvalue weighted by atomic mass is 16.5. The van der Waals surface area contributed by atoms with E-state index in [2.05, 4.69) is 20.4 Å². The molecule has 0 heterocycles. The molecule has 2 fully saturated rings. The fourth-order valence-electron chi connectivity index (χ4n) is 4.46. The van der Waals surface area contributed by atoms with E-state index in [1.54, 1.807) is 0 Å². The Labute approximate surface area is 127 Å². The van der Waals surface area contributed by atoms with Gasteiger partial charge in [0.15, 0.2) is 0 Å². The van der Waals surface area contributed by atoms with Crippen LogP contribution in [0.4, 0.5) is 0 Å². The fourth-order valence-corrected chi connectivity index (χ4v) is 4.46. The molecular formula is C17H28O4. The van der Waals surface area contributed by atoms with E-state index in [4.69, 9.17) is 4.74 Å². The van der Waals surface area contributed by atoms with Gasteiger partial charge >= 0.3 is 5.97 Å². The van der Waals surface area contributed by atoms with E-state index >= 15 is 0 Å². The van der Waals surface area contributed by atoms with Crippen molar-refractivity contribution in [2.45, 2.75) is 65.3 Å². The van der Waals surface area contributed by atoms with E-state index in [-0.39, 0.29) is 23.9 Å². The van der Waals surface area contributed by atoms with Gasteiger partial charge in [-0.1, -0.05) is 32.9 Å². The minimum atomic E-state index is -0.792. The first-order valence-corrected chi connectivity index (χ1v) is 7.89. The van der Waals surface area contributed by atoms with E-state index < -0.39 is 17.6 Å². The van der Waals surface area contributed by atoms with Gasteiger partial charge in [-0.3, -0.25) is 4.79 Å². The molecule has 2 N–H and O–H groups in total. The topological polar surface area (TPSA) is 66.8 Å². The number of rotatable bonds is 2. The van der Waals surface area contributed by atoms with Crippen LogP contribution in [0.1, 0.15) is 47.0 Å². The van der Waals surface area contributed by atoms with Crippen molar-refractivity contribution < 1.29 is 19.7 Å². The summed E-state index contributed by atoms with van der Waals surface area (Å²) in [4.78, 5) is 11.5. The molecule has 2 aliphatic rings. The van der Waals surface area contributed by atoms with Gasteiger partial charge < -0.3 is 14.9 Å². The molecule has 2 aliphatic carbocycles. The molecule has 21 heavy (non-hydrogen) atoms. The Morgan fingerprint density at radius 2 is 2.05 bits per heavy atom. The molecule has 0 aliphatic heterocycles. The van der Waals surface area contributed by atoms with Gasteiger partial charge in [0.1, 0.15) is 6.10 Å². The molecule has 6 unspecified atom stereocenters. The molecule has 120 valence electrons. The first-order chi connectivity index (χ1) is 9.68. The Bertz CT molecular complexity index is 431. The van der Waals surface area contributed by atoms with Gasteiger partial charge in [-0.15, -0.1) is 0 Å². The summed E-state index contributed by atoms with van der Waals surface area (Å²) >= 11 is 0. The Kier molecular flexibility index (Phi) is 4.50. The Morgan fingerprint density at radius 3 is 2.57 bits per heavy atom. The normalized spacial score (nSPS) is 43.6. The largest absolute Gasteiger partial charge is 0.462 e. The maximum Gasteiger partial charge on any atom is 0.302 e. The molecule has 0 aromatic rings. The summed E-state index contributed by atoms with van der Waals surface area (Å²) in [5, 5.41) is 20.6. The lowest BCUT2D eigenvalue weighted by molar-refractivity contribution is -0.183. The summed E-state index contributed by atoms with van der Waals surface area (Å²) < 4.78 is 5.66. The zero-order valence-electron chi connectivity index (χ0n) is 13.5. The summed E-state index contributed by atoms with van der Waals surface area (Å²) in [5.41, 5.74) is 0.423. The Hall–Kier alpha value is -0.870. The number of esters is 1. The summed E-state index contributed by atoms with van der Waals surface area (Å²) in [7, 11) is 0. The molecule has 2 rings (SSSR count). The van der Waals surface area contributed by atoms with Crippen LogP contribution in [-0.2, 0) is 9.53 Å². The van der Waals surface area contributed by atoms with E-state index in [9.17, 15) is 15.0 Å². The molecule has 4 heteroatoms. The van der Waals surface area contributed by atoms with Crippen LogP contribution in [0.3, 0.4) is 0 Å². The molecule has 0 aromatic carbocycles. The van der Waals surface area contributed by atoms with Crippen LogP contribution < -0.4 is 0 Å². The lowest BCUT2D eigenvalue weighted by Gasteiger charge is -2.56. The molecule has 2 saturated carbocycles. The summed E-state index contributed by atoms with van der Waals surface area (Å²) in [6.45, 7) is 11.8. The Balaban J connectivity index is 2.40. The van der Waals surface area contributed by atoms with Crippen LogP contribution in [0.5, 0.6) is 0 Å². The molecule has 0 aromatic heterocycles. The SMILES string of the molecule is C=C1CC(O)C(O)C2(C)CCC(C(C)C)C(OC(C)=O)C12. The number of carbonyl (C=O) groups is 1. The van der Waals surface area contributed by atoms with Crippen LogP contribution in [0.2, 0.25) is 0 Å². The van der Waals surface area contributed by atoms with Crippen molar-refractivity contribution >= 4 is 5.97 Å². The standard InChI is InChI=1S/C17H28O4/c1-9(2)12-6-7-17(5)14(15(12)21-11(4)18)10(3)8-13(19)16(17)20/h9,12-16,19-20H,3,6-8H2,1-2,4-5H3. The average molecular weight is 296 g/mol. The minimum Gasteiger partial charge on any atom is -0.462 e. The minimum absolute atomic E-state index is 0.0825. The van der Waals surface area contributed by atoms with Crippen molar-refractivity contribution in [2.75, 3.05) is 0 Å². The Morgan fingerprint density at radius 1 is 1.43 bits per heavy atom. The first kappa shape index (κ1) is 16.5. The monoisotopic (exact) mass is 296 g/mol. The van der Waals surface area contributed by atoms with Gasteiger partial charge in [0.2, 0.25) is 0 Å². The maximum absolute atomic E-state index is 11.5. The van der Waals surface area contributed by atoms with Gasteiger partial charge in [-0.05, 0) is 31.1 Å². The number of aliphatic hydroxyl groups is 2. The van der Waals surface area contributed by atoms with E-state index in [1.807, 2.05) is 6.92 Å². The zero-order chi connectivity index (χ0) is 15.9. The van der Waals surface area contributed by atoms with E-state index in [1.165, 1.54) is 6.92 Å². The second-order valence-electron chi connectivity index (χ2n) is 7.38. The van der Waals surface area contributed by atoms with Gasteiger partial charge in [0.05, 0.1) is 12.2 Å². The van der Waals surface area contributed by atoms with Crippen LogP contribution in [0, 0.1) is 23.2 Å². The number of aliphatic hydroxyl groups excluding tert-OH is 2. The highest BCUT2D eigenvalue weighted by molar-refractivity contribution is 5.66. The van der Waals surface area contributed by atoms with Crippen LogP contribution in [0.15, 0.2) is 12.2 Å².